The number of hydrogen-bond donors (Lipinski definition) is 2. The first-order valence-corrected chi connectivity index (χ1v) is 6.45. The van der Waals surface area contributed by atoms with Crippen molar-refractivity contribution in [2.45, 2.75) is 25.6 Å². The Hall–Kier alpha value is -1.93. The number of hydrogen-bond acceptors (Lipinski definition) is 5. The van der Waals surface area contributed by atoms with Crippen LogP contribution in [0.5, 0.6) is 5.75 Å². The molecule has 0 aromatic heterocycles. The Kier molecular flexibility index (Phi) is 4.05. The fraction of sp³-hybridized carbons (Fsp3) is 0.417. The maximum Gasteiger partial charge on any atom is 0.296 e. The van der Waals surface area contributed by atoms with Crippen molar-refractivity contribution in [1.29, 1.82) is 0 Å². The molecule has 0 spiro atoms. The molecular formula is C12H15N3O4S. The number of methoxy groups -OCH3 is 1. The van der Waals surface area contributed by atoms with Gasteiger partial charge in [0.05, 0.1) is 18.1 Å². The lowest BCUT2D eigenvalue weighted by atomic mass is 10.1. The number of nitrogens with zero attached hydrogens (tertiary/aromatic N) is 2. The van der Waals surface area contributed by atoms with Gasteiger partial charge in [-0.05, 0) is 31.3 Å². The van der Waals surface area contributed by atoms with E-state index in [2.05, 4.69) is 5.32 Å². The lowest BCUT2D eigenvalue weighted by molar-refractivity contribution is -0.384. The van der Waals surface area contributed by atoms with Gasteiger partial charge in [0.15, 0.2) is 5.11 Å². The van der Waals surface area contributed by atoms with Crippen LogP contribution in [0.1, 0.15) is 13.3 Å². The summed E-state index contributed by atoms with van der Waals surface area (Å²) in [5.41, 5.74) is 0.0785. The minimum absolute atomic E-state index is 0.0195. The Morgan fingerprint density at radius 1 is 1.60 bits per heavy atom. The Morgan fingerprint density at radius 2 is 2.30 bits per heavy atom. The summed E-state index contributed by atoms with van der Waals surface area (Å²) in [5.74, 6) is 0.374. The van der Waals surface area contributed by atoms with E-state index in [4.69, 9.17) is 17.0 Å². The van der Waals surface area contributed by atoms with Gasteiger partial charge in [-0.15, -0.1) is 0 Å². The number of nitro groups is 1. The first-order chi connectivity index (χ1) is 9.43. The highest BCUT2D eigenvalue weighted by atomic mass is 32.1. The number of nitrogens with one attached hydrogen (secondary N) is 1. The molecule has 2 unspecified atom stereocenters. The van der Waals surface area contributed by atoms with E-state index in [0.29, 0.717) is 12.2 Å². The van der Waals surface area contributed by atoms with Crippen molar-refractivity contribution >= 4 is 28.7 Å². The smallest absolute Gasteiger partial charge is 0.296 e. The van der Waals surface area contributed by atoms with Gasteiger partial charge in [0.25, 0.3) is 5.69 Å². The lowest BCUT2D eigenvalue weighted by Gasteiger charge is -2.37. The third kappa shape index (κ3) is 2.66. The Labute approximate surface area is 121 Å². The molecule has 108 valence electrons. The molecule has 1 saturated heterocycles. The largest absolute Gasteiger partial charge is 0.496 e. The van der Waals surface area contributed by atoms with Gasteiger partial charge in [0.2, 0.25) is 0 Å². The van der Waals surface area contributed by atoms with Gasteiger partial charge in [0.1, 0.15) is 17.7 Å². The third-order valence-corrected chi connectivity index (χ3v) is 3.40. The van der Waals surface area contributed by atoms with E-state index in [-0.39, 0.29) is 22.5 Å². The molecule has 0 saturated carbocycles. The summed E-state index contributed by atoms with van der Waals surface area (Å²) >= 11 is 5.17. The second-order valence-electron chi connectivity index (χ2n) is 4.55. The van der Waals surface area contributed by atoms with E-state index in [0.717, 1.165) is 0 Å². The molecule has 2 N–H and O–H groups in total. The van der Waals surface area contributed by atoms with Crippen molar-refractivity contribution in [3.05, 3.63) is 28.3 Å². The van der Waals surface area contributed by atoms with Crippen LogP contribution in [-0.2, 0) is 0 Å². The molecule has 1 aliphatic rings. The molecular weight excluding hydrogens is 282 g/mol. The van der Waals surface area contributed by atoms with E-state index in [1.807, 2.05) is 6.92 Å². The van der Waals surface area contributed by atoms with Gasteiger partial charge in [-0.2, -0.15) is 0 Å². The molecule has 2 rings (SSSR count). The summed E-state index contributed by atoms with van der Waals surface area (Å²) in [6, 6.07) is 4.44. The zero-order valence-electron chi connectivity index (χ0n) is 11.1. The van der Waals surface area contributed by atoms with Crippen LogP contribution in [0.15, 0.2) is 18.2 Å². The summed E-state index contributed by atoms with van der Waals surface area (Å²) in [6.07, 6.45) is -0.477. The highest BCUT2D eigenvalue weighted by Gasteiger charge is 2.33. The SMILES string of the molecule is COc1ccc(N2C(=S)NC(C)CC2O)c([N+](=O)[O-])c1. The van der Waals surface area contributed by atoms with E-state index < -0.39 is 11.2 Å². The van der Waals surface area contributed by atoms with Gasteiger partial charge < -0.3 is 15.2 Å². The van der Waals surface area contributed by atoms with Crippen molar-refractivity contribution in [3.8, 4) is 5.75 Å². The molecule has 20 heavy (non-hydrogen) atoms. The number of ether oxygens (including phenoxy) is 1. The summed E-state index contributed by atoms with van der Waals surface area (Å²) in [4.78, 5) is 12.0. The van der Waals surface area contributed by atoms with Crippen LogP contribution in [-0.4, -0.2) is 34.5 Å². The summed E-state index contributed by atoms with van der Waals surface area (Å²) in [5, 5.41) is 24.6. The molecule has 2 atom stereocenters. The molecule has 8 heteroatoms. The molecule has 1 aromatic carbocycles. The zero-order valence-corrected chi connectivity index (χ0v) is 11.9. The van der Waals surface area contributed by atoms with Crippen LogP contribution in [0.25, 0.3) is 0 Å². The highest BCUT2D eigenvalue weighted by Crippen LogP contribution is 2.34. The molecule has 1 heterocycles. The van der Waals surface area contributed by atoms with Gasteiger partial charge in [-0.1, -0.05) is 0 Å². The van der Waals surface area contributed by atoms with Crippen molar-refractivity contribution in [3.63, 3.8) is 0 Å². The van der Waals surface area contributed by atoms with E-state index in [1.54, 1.807) is 6.07 Å². The second-order valence-corrected chi connectivity index (χ2v) is 4.94. The minimum Gasteiger partial charge on any atom is -0.496 e. The number of aliphatic hydroxyl groups excluding tert-OH is 1. The Balaban J connectivity index is 2.46. The molecule has 1 aliphatic heterocycles. The topological polar surface area (TPSA) is 87.9 Å². The van der Waals surface area contributed by atoms with Crippen LogP contribution in [0.4, 0.5) is 11.4 Å². The average Bonchev–Trinajstić information content (AvgIpc) is 2.37. The number of rotatable bonds is 3. The Morgan fingerprint density at radius 3 is 2.85 bits per heavy atom. The van der Waals surface area contributed by atoms with Crippen molar-refractivity contribution in [1.82, 2.24) is 5.32 Å². The third-order valence-electron chi connectivity index (χ3n) is 3.09. The van der Waals surface area contributed by atoms with Crippen LogP contribution in [0.3, 0.4) is 0 Å². The van der Waals surface area contributed by atoms with Crippen LogP contribution in [0.2, 0.25) is 0 Å². The number of aliphatic hydroxyl groups is 1. The maximum atomic E-state index is 11.2. The average molecular weight is 297 g/mol. The quantitative estimate of drug-likeness (QED) is 0.495. The number of benzene rings is 1. The fourth-order valence-corrected chi connectivity index (χ4v) is 2.57. The predicted molar refractivity (Wildman–Crippen MR) is 77.9 cm³/mol. The fourth-order valence-electron chi connectivity index (χ4n) is 2.15. The first kappa shape index (κ1) is 14.5. The summed E-state index contributed by atoms with van der Waals surface area (Å²) < 4.78 is 4.98. The normalized spacial score (nSPS) is 22.4. The second kappa shape index (κ2) is 5.59. The number of thiocarbonyl (C=S) groups is 1. The maximum absolute atomic E-state index is 11.2. The minimum atomic E-state index is -0.897. The molecule has 1 fully saturated rings. The highest BCUT2D eigenvalue weighted by molar-refractivity contribution is 7.80. The lowest BCUT2D eigenvalue weighted by Crippen LogP contribution is -2.56. The molecule has 7 nitrogen and oxygen atoms in total. The van der Waals surface area contributed by atoms with Crippen LogP contribution in [0, 0.1) is 10.1 Å². The van der Waals surface area contributed by atoms with Gasteiger partial charge in [0, 0.05) is 12.5 Å². The predicted octanol–water partition coefficient (Wildman–Crippen LogP) is 1.39. The van der Waals surface area contributed by atoms with E-state index in [9.17, 15) is 15.2 Å². The van der Waals surface area contributed by atoms with Crippen LogP contribution >= 0.6 is 12.2 Å². The molecule has 0 radical (unpaired) electrons. The van der Waals surface area contributed by atoms with Crippen molar-refractivity contribution in [2.75, 3.05) is 12.0 Å². The Bertz CT molecular complexity index is 552. The molecule has 1 aromatic rings. The molecule has 0 bridgehead atoms. The van der Waals surface area contributed by atoms with Crippen LogP contribution < -0.4 is 15.0 Å². The van der Waals surface area contributed by atoms with Crippen molar-refractivity contribution in [2.24, 2.45) is 0 Å². The van der Waals surface area contributed by atoms with Gasteiger partial charge in [-0.25, -0.2) is 0 Å². The number of nitro benzene ring substituents is 1. The van der Waals surface area contributed by atoms with E-state index in [1.165, 1.54) is 24.1 Å². The number of anilines is 1. The first-order valence-electron chi connectivity index (χ1n) is 6.04. The van der Waals surface area contributed by atoms with Gasteiger partial charge in [-0.3, -0.25) is 15.0 Å². The van der Waals surface area contributed by atoms with Crippen molar-refractivity contribution < 1.29 is 14.8 Å². The monoisotopic (exact) mass is 297 g/mol. The molecule has 0 aliphatic carbocycles. The van der Waals surface area contributed by atoms with E-state index >= 15 is 0 Å². The summed E-state index contributed by atoms with van der Waals surface area (Å²) in [6.45, 7) is 1.88. The molecule has 0 amide bonds. The zero-order chi connectivity index (χ0) is 14.9. The van der Waals surface area contributed by atoms with Gasteiger partial charge >= 0.3 is 0 Å². The summed E-state index contributed by atoms with van der Waals surface area (Å²) in [7, 11) is 1.43. The standard InChI is InChI=1S/C12H15N3O4S/c1-7-5-11(16)14(12(20)13-7)9-4-3-8(19-2)6-10(9)15(17)18/h3-4,6-7,11,16H,5H2,1-2H3,(H,13,20).